The molecule has 0 bridgehead atoms. The zero-order chi connectivity index (χ0) is 17.8. The second-order valence-corrected chi connectivity index (χ2v) is 6.33. The molecule has 0 saturated carbocycles. The van der Waals surface area contributed by atoms with Crippen molar-refractivity contribution in [3.63, 3.8) is 0 Å². The molecule has 2 aromatic carbocycles. The highest BCUT2D eigenvalue weighted by Crippen LogP contribution is 2.26. The van der Waals surface area contributed by atoms with Crippen LogP contribution in [0, 0.1) is 6.92 Å². The number of aryl methyl sites for hydroxylation is 1. The lowest BCUT2D eigenvalue weighted by Crippen LogP contribution is -2.16. The zero-order valence-electron chi connectivity index (χ0n) is 14.0. The fourth-order valence-electron chi connectivity index (χ4n) is 2.69. The van der Waals surface area contributed by atoms with Crippen molar-refractivity contribution in [2.75, 3.05) is 11.9 Å². The van der Waals surface area contributed by atoms with E-state index >= 15 is 0 Å². The highest BCUT2D eigenvalue weighted by atomic mass is 32.1. The van der Waals surface area contributed by atoms with Gasteiger partial charge in [0.1, 0.15) is 10.6 Å². The van der Waals surface area contributed by atoms with Crippen LogP contribution in [0.5, 0.6) is 0 Å². The second-order valence-electron chi connectivity index (χ2n) is 5.56. The van der Waals surface area contributed by atoms with E-state index in [1.165, 1.54) is 0 Å². The van der Waals surface area contributed by atoms with E-state index < -0.39 is 5.97 Å². The number of aromatic nitrogens is 1. The molecule has 1 heterocycles. The van der Waals surface area contributed by atoms with Gasteiger partial charge in [-0.3, -0.25) is 4.79 Å². The summed E-state index contributed by atoms with van der Waals surface area (Å²) < 4.78 is 9.20. The maximum atomic E-state index is 12.5. The van der Waals surface area contributed by atoms with Crippen LogP contribution in [-0.2, 0) is 16.0 Å². The molecule has 128 valence electrons. The average molecular weight is 354 g/mol. The lowest BCUT2D eigenvalue weighted by Gasteiger charge is -2.08. The summed E-state index contributed by atoms with van der Waals surface area (Å²) in [5, 5.41) is 5.37. The molecule has 25 heavy (non-hydrogen) atoms. The smallest absolute Gasteiger partial charge is 0.343 e. The van der Waals surface area contributed by atoms with Crippen LogP contribution in [0.1, 0.15) is 28.5 Å². The van der Waals surface area contributed by atoms with Crippen molar-refractivity contribution in [1.29, 1.82) is 0 Å². The van der Waals surface area contributed by atoms with Gasteiger partial charge in [0.2, 0.25) is 5.91 Å². The number of fused-ring (bicyclic) bond motifs is 1. The highest BCUT2D eigenvalue weighted by Gasteiger charge is 2.21. The first kappa shape index (κ1) is 17.1. The Kier molecular flexibility index (Phi) is 5.09. The maximum absolute atomic E-state index is 12.5. The second kappa shape index (κ2) is 7.44. The number of carbonyl (C=O) groups is 2. The molecule has 1 aromatic heterocycles. The van der Waals surface area contributed by atoms with Crippen LogP contribution >= 0.6 is 11.5 Å². The van der Waals surface area contributed by atoms with Crippen molar-refractivity contribution >= 4 is 39.2 Å². The first-order valence-electron chi connectivity index (χ1n) is 8.00. The molecule has 0 spiro atoms. The fourth-order valence-corrected chi connectivity index (χ4v) is 3.49. The number of rotatable bonds is 5. The van der Waals surface area contributed by atoms with Crippen molar-refractivity contribution in [1.82, 2.24) is 4.37 Å². The van der Waals surface area contributed by atoms with Gasteiger partial charge in [0.25, 0.3) is 0 Å². The molecule has 1 N–H and O–H groups in total. The van der Waals surface area contributed by atoms with Crippen LogP contribution in [0.2, 0.25) is 0 Å². The zero-order valence-corrected chi connectivity index (χ0v) is 14.9. The summed E-state index contributed by atoms with van der Waals surface area (Å²) in [6, 6.07) is 13.8. The molecule has 3 rings (SSSR count). The van der Waals surface area contributed by atoms with E-state index in [1.807, 2.05) is 42.5 Å². The number of amides is 1. The third-order valence-electron chi connectivity index (χ3n) is 3.83. The number of hydrogen-bond donors (Lipinski definition) is 1. The van der Waals surface area contributed by atoms with E-state index in [9.17, 15) is 9.59 Å². The lowest BCUT2D eigenvalue weighted by atomic mass is 10.0. The van der Waals surface area contributed by atoms with E-state index in [0.717, 1.165) is 27.9 Å². The summed E-state index contributed by atoms with van der Waals surface area (Å²) in [7, 11) is 0. The normalized spacial score (nSPS) is 10.6. The molecule has 0 unspecified atom stereocenters. The van der Waals surface area contributed by atoms with E-state index in [-0.39, 0.29) is 18.9 Å². The monoisotopic (exact) mass is 354 g/mol. The summed E-state index contributed by atoms with van der Waals surface area (Å²) in [6.07, 6.45) is 0.223. The van der Waals surface area contributed by atoms with E-state index in [0.29, 0.717) is 16.3 Å². The van der Waals surface area contributed by atoms with E-state index in [1.54, 1.807) is 13.8 Å². The molecule has 0 aliphatic rings. The molecule has 6 heteroatoms. The van der Waals surface area contributed by atoms with Crippen molar-refractivity contribution < 1.29 is 14.3 Å². The number of hydrogen-bond acceptors (Lipinski definition) is 5. The summed E-state index contributed by atoms with van der Waals surface area (Å²) >= 11 is 1.09. The lowest BCUT2D eigenvalue weighted by molar-refractivity contribution is -0.115. The molecule has 0 fully saturated rings. The number of esters is 1. The average Bonchev–Trinajstić information content (AvgIpc) is 2.95. The number of nitrogens with zero attached hydrogens (tertiary/aromatic N) is 1. The third kappa shape index (κ3) is 3.69. The molecule has 0 aliphatic carbocycles. The minimum Gasteiger partial charge on any atom is -0.462 e. The first-order chi connectivity index (χ1) is 12.1. The van der Waals surface area contributed by atoms with Gasteiger partial charge in [-0.25, -0.2) is 4.79 Å². The number of anilines is 1. The van der Waals surface area contributed by atoms with Crippen molar-refractivity contribution in [2.24, 2.45) is 0 Å². The number of ether oxygens (including phenoxy) is 1. The summed E-state index contributed by atoms with van der Waals surface area (Å²) in [4.78, 5) is 24.5. The predicted molar refractivity (Wildman–Crippen MR) is 99.1 cm³/mol. The Bertz CT molecular complexity index is 928. The molecule has 3 aromatic rings. The van der Waals surface area contributed by atoms with Gasteiger partial charge in [-0.05, 0) is 41.7 Å². The van der Waals surface area contributed by atoms with Crippen LogP contribution in [0.15, 0.2) is 42.5 Å². The maximum Gasteiger partial charge on any atom is 0.343 e. The topological polar surface area (TPSA) is 68.3 Å². The van der Waals surface area contributed by atoms with Crippen LogP contribution in [0.4, 0.5) is 5.00 Å². The van der Waals surface area contributed by atoms with Gasteiger partial charge in [0.15, 0.2) is 0 Å². The van der Waals surface area contributed by atoms with E-state index in [2.05, 4.69) is 9.69 Å². The van der Waals surface area contributed by atoms with Crippen molar-refractivity contribution in [3.05, 3.63) is 59.3 Å². The van der Waals surface area contributed by atoms with Crippen molar-refractivity contribution in [2.45, 2.75) is 20.3 Å². The summed E-state index contributed by atoms with van der Waals surface area (Å²) in [5.74, 6) is -0.653. The van der Waals surface area contributed by atoms with Gasteiger partial charge in [-0.1, -0.05) is 42.5 Å². The highest BCUT2D eigenvalue weighted by molar-refractivity contribution is 7.11. The SMILES string of the molecule is CCOC(=O)c1c(C)nsc1NC(=O)Cc1cccc2ccccc12. The summed E-state index contributed by atoms with van der Waals surface area (Å²) in [6.45, 7) is 3.74. The molecule has 0 saturated heterocycles. The Labute approximate surface area is 149 Å². The molecule has 1 amide bonds. The number of benzene rings is 2. The Morgan fingerprint density at radius 2 is 1.92 bits per heavy atom. The van der Waals surface area contributed by atoms with Gasteiger partial charge in [0, 0.05) is 0 Å². The third-order valence-corrected chi connectivity index (χ3v) is 4.68. The minimum absolute atomic E-state index is 0.189. The predicted octanol–water partition coefficient (Wildman–Crippen LogP) is 3.96. The Hall–Kier alpha value is -2.73. The number of nitrogens with one attached hydrogen (secondary N) is 1. The van der Waals surface area contributed by atoms with Gasteiger partial charge in [0.05, 0.1) is 18.7 Å². The largest absolute Gasteiger partial charge is 0.462 e. The van der Waals surface area contributed by atoms with E-state index in [4.69, 9.17) is 4.74 Å². The Balaban J connectivity index is 1.80. The standard InChI is InChI=1S/C19H18N2O3S/c1-3-24-19(23)17-12(2)21-25-18(17)20-16(22)11-14-9-6-8-13-7-4-5-10-15(13)14/h4-10H,3,11H2,1-2H3,(H,20,22). The van der Waals surface area contributed by atoms with Crippen molar-refractivity contribution in [3.8, 4) is 0 Å². The van der Waals surface area contributed by atoms with Crippen LogP contribution in [0.3, 0.4) is 0 Å². The van der Waals surface area contributed by atoms with Crippen LogP contribution in [-0.4, -0.2) is 22.9 Å². The minimum atomic E-state index is -0.464. The molecular formula is C19H18N2O3S. The summed E-state index contributed by atoms with van der Waals surface area (Å²) in [5.41, 5.74) is 1.83. The van der Waals surface area contributed by atoms with Gasteiger partial charge in [-0.15, -0.1) is 0 Å². The first-order valence-corrected chi connectivity index (χ1v) is 8.77. The number of carbonyl (C=O) groups excluding carboxylic acids is 2. The molecular weight excluding hydrogens is 336 g/mol. The van der Waals surface area contributed by atoms with Gasteiger partial charge in [-0.2, -0.15) is 4.37 Å². The van der Waals surface area contributed by atoms with Crippen LogP contribution in [0.25, 0.3) is 10.8 Å². The van der Waals surface area contributed by atoms with Gasteiger partial charge >= 0.3 is 5.97 Å². The molecule has 0 atom stereocenters. The quantitative estimate of drug-likeness (QED) is 0.704. The Morgan fingerprint density at radius 3 is 2.72 bits per heavy atom. The molecule has 5 nitrogen and oxygen atoms in total. The fraction of sp³-hybridized carbons (Fsp3) is 0.211. The molecule has 0 radical (unpaired) electrons. The van der Waals surface area contributed by atoms with Crippen LogP contribution < -0.4 is 5.32 Å². The Morgan fingerprint density at radius 1 is 1.16 bits per heavy atom. The van der Waals surface area contributed by atoms with Gasteiger partial charge < -0.3 is 10.1 Å². The molecule has 0 aliphatic heterocycles.